The molecule has 178 valence electrons. The Morgan fingerprint density at radius 3 is 2.23 bits per heavy atom. The first-order valence-corrected chi connectivity index (χ1v) is 11.5. The standard InChI is InChI=1S/C28H25ClN2O4/c1-18-15-16-31(27(18)30-28(34)35-19(2)24-5-3-4-6-25(24)29)23-13-11-22(12-14-23)21-9-7-20(8-10-21)17-26(32)33/h3-16,19H,17H2,1-2H3,(H,30,34)(H,32,33). The lowest BCUT2D eigenvalue weighted by atomic mass is 10.0. The van der Waals surface area contributed by atoms with E-state index in [2.05, 4.69) is 5.32 Å². The predicted molar refractivity (Wildman–Crippen MR) is 137 cm³/mol. The summed E-state index contributed by atoms with van der Waals surface area (Å²) in [5.41, 5.74) is 5.26. The average Bonchev–Trinajstić information content (AvgIpc) is 3.19. The van der Waals surface area contributed by atoms with Crippen molar-refractivity contribution in [2.45, 2.75) is 26.4 Å². The number of aryl methyl sites for hydroxylation is 1. The number of nitrogens with zero attached hydrogens (tertiary/aromatic N) is 1. The third-order valence-electron chi connectivity index (χ3n) is 5.72. The molecule has 0 saturated carbocycles. The van der Waals surface area contributed by atoms with E-state index >= 15 is 0 Å². The maximum absolute atomic E-state index is 12.6. The summed E-state index contributed by atoms with van der Waals surface area (Å²) in [6.07, 6.45) is 0.812. The lowest BCUT2D eigenvalue weighted by molar-refractivity contribution is -0.136. The van der Waals surface area contributed by atoms with E-state index in [1.165, 1.54) is 0 Å². The van der Waals surface area contributed by atoms with Crippen LogP contribution in [-0.4, -0.2) is 21.7 Å². The first kappa shape index (κ1) is 24.1. The molecule has 3 aromatic carbocycles. The fourth-order valence-electron chi connectivity index (χ4n) is 3.86. The minimum atomic E-state index is -0.851. The topological polar surface area (TPSA) is 80.6 Å². The molecule has 1 aromatic heterocycles. The fourth-order valence-corrected chi connectivity index (χ4v) is 4.15. The lowest BCUT2D eigenvalue weighted by Gasteiger charge is -2.17. The third kappa shape index (κ3) is 5.73. The Hall–Kier alpha value is -4.03. The number of rotatable bonds is 7. The molecule has 35 heavy (non-hydrogen) atoms. The van der Waals surface area contributed by atoms with Crippen LogP contribution in [0.2, 0.25) is 5.02 Å². The molecule has 1 atom stereocenters. The number of hydrogen-bond acceptors (Lipinski definition) is 3. The number of carboxylic acids is 1. The van der Waals surface area contributed by atoms with Gasteiger partial charge in [0.15, 0.2) is 0 Å². The second kappa shape index (κ2) is 10.5. The van der Waals surface area contributed by atoms with Crippen molar-refractivity contribution in [3.8, 4) is 16.8 Å². The first-order chi connectivity index (χ1) is 16.8. The van der Waals surface area contributed by atoms with Crippen molar-refractivity contribution in [1.29, 1.82) is 0 Å². The van der Waals surface area contributed by atoms with Crippen molar-refractivity contribution < 1.29 is 19.4 Å². The quantitative estimate of drug-likeness (QED) is 0.292. The van der Waals surface area contributed by atoms with Gasteiger partial charge in [0.05, 0.1) is 6.42 Å². The molecule has 6 nitrogen and oxygen atoms in total. The molecule has 2 N–H and O–H groups in total. The number of carbonyl (C=O) groups is 2. The van der Waals surface area contributed by atoms with E-state index in [0.29, 0.717) is 10.8 Å². The summed E-state index contributed by atoms with van der Waals surface area (Å²) in [4.78, 5) is 23.5. The Bertz CT molecular complexity index is 1340. The Balaban J connectivity index is 1.48. The van der Waals surface area contributed by atoms with E-state index in [4.69, 9.17) is 21.4 Å². The van der Waals surface area contributed by atoms with E-state index in [9.17, 15) is 9.59 Å². The second-order valence-electron chi connectivity index (χ2n) is 8.23. The average molecular weight is 489 g/mol. The Kier molecular flexibility index (Phi) is 7.22. The first-order valence-electron chi connectivity index (χ1n) is 11.1. The Labute approximate surface area is 208 Å². The van der Waals surface area contributed by atoms with Crippen LogP contribution in [0.1, 0.15) is 29.7 Å². The minimum Gasteiger partial charge on any atom is -0.481 e. The van der Waals surface area contributed by atoms with Gasteiger partial charge in [0, 0.05) is 22.5 Å². The van der Waals surface area contributed by atoms with Crippen LogP contribution in [0, 0.1) is 6.92 Å². The van der Waals surface area contributed by atoms with Crippen LogP contribution in [0.3, 0.4) is 0 Å². The largest absolute Gasteiger partial charge is 0.481 e. The van der Waals surface area contributed by atoms with Crippen molar-refractivity contribution in [2.75, 3.05) is 5.32 Å². The summed E-state index contributed by atoms with van der Waals surface area (Å²) in [6, 6.07) is 24.6. The van der Waals surface area contributed by atoms with Crippen molar-refractivity contribution in [3.63, 3.8) is 0 Å². The summed E-state index contributed by atoms with van der Waals surface area (Å²) in [5.74, 6) is -0.233. The number of benzene rings is 3. The van der Waals surface area contributed by atoms with Crippen LogP contribution < -0.4 is 5.32 Å². The molecule has 0 aliphatic carbocycles. The number of halogens is 1. The van der Waals surface area contributed by atoms with Gasteiger partial charge in [0.2, 0.25) is 0 Å². The number of aliphatic carboxylic acids is 1. The molecule has 4 rings (SSSR count). The molecule has 0 aliphatic heterocycles. The highest BCUT2D eigenvalue weighted by Crippen LogP contribution is 2.28. The van der Waals surface area contributed by atoms with Crippen molar-refractivity contribution in [1.82, 2.24) is 4.57 Å². The van der Waals surface area contributed by atoms with Gasteiger partial charge in [0.1, 0.15) is 11.9 Å². The van der Waals surface area contributed by atoms with E-state index in [-0.39, 0.29) is 6.42 Å². The number of carbonyl (C=O) groups excluding carboxylic acids is 1. The summed E-state index contributed by atoms with van der Waals surface area (Å²) >= 11 is 6.22. The zero-order chi connectivity index (χ0) is 24.9. The number of amides is 1. The van der Waals surface area contributed by atoms with E-state index < -0.39 is 18.2 Å². The van der Waals surface area contributed by atoms with Gasteiger partial charge in [-0.1, -0.05) is 66.2 Å². The number of ether oxygens (including phenoxy) is 1. The molecule has 0 aliphatic rings. The van der Waals surface area contributed by atoms with Gasteiger partial charge in [-0.05, 0) is 60.4 Å². The van der Waals surface area contributed by atoms with Gasteiger partial charge < -0.3 is 14.4 Å². The smallest absolute Gasteiger partial charge is 0.413 e. The molecular weight excluding hydrogens is 464 g/mol. The van der Waals surface area contributed by atoms with Crippen LogP contribution in [-0.2, 0) is 16.0 Å². The number of hydrogen-bond donors (Lipinski definition) is 2. The van der Waals surface area contributed by atoms with E-state index in [0.717, 1.165) is 33.5 Å². The van der Waals surface area contributed by atoms with Gasteiger partial charge in [0.25, 0.3) is 0 Å². The Morgan fingerprint density at radius 1 is 0.971 bits per heavy atom. The van der Waals surface area contributed by atoms with Crippen molar-refractivity contribution >= 4 is 29.5 Å². The van der Waals surface area contributed by atoms with E-state index in [1.54, 1.807) is 13.0 Å². The van der Waals surface area contributed by atoms with Crippen molar-refractivity contribution in [3.05, 3.63) is 107 Å². The second-order valence-corrected chi connectivity index (χ2v) is 8.63. The molecular formula is C28H25ClN2O4. The third-order valence-corrected chi connectivity index (χ3v) is 6.07. The normalized spacial score (nSPS) is 11.6. The van der Waals surface area contributed by atoms with Gasteiger partial charge in [-0.25, -0.2) is 4.79 Å². The number of nitrogens with one attached hydrogen (secondary N) is 1. The van der Waals surface area contributed by atoms with Crippen LogP contribution in [0.25, 0.3) is 16.8 Å². The summed E-state index contributed by atoms with van der Waals surface area (Å²) in [7, 11) is 0. The van der Waals surface area contributed by atoms with Crippen LogP contribution in [0.15, 0.2) is 85.1 Å². The van der Waals surface area contributed by atoms with Crippen LogP contribution >= 0.6 is 11.6 Å². The minimum absolute atomic E-state index is 0.00156. The highest BCUT2D eigenvalue weighted by atomic mass is 35.5. The fraction of sp³-hybridized carbons (Fsp3) is 0.143. The number of anilines is 1. The van der Waals surface area contributed by atoms with Crippen molar-refractivity contribution in [2.24, 2.45) is 0 Å². The molecule has 4 aromatic rings. The number of carboxylic acid groups (broad SMARTS) is 1. The predicted octanol–water partition coefficient (Wildman–Crippen LogP) is 7.04. The van der Waals surface area contributed by atoms with Crippen LogP contribution in [0.4, 0.5) is 10.6 Å². The van der Waals surface area contributed by atoms with Crippen LogP contribution in [0.5, 0.6) is 0 Å². The maximum Gasteiger partial charge on any atom is 0.413 e. The SMILES string of the molecule is Cc1ccn(-c2ccc(-c3ccc(CC(=O)O)cc3)cc2)c1NC(=O)OC(C)c1ccccc1Cl. The van der Waals surface area contributed by atoms with Gasteiger partial charge >= 0.3 is 12.1 Å². The lowest BCUT2D eigenvalue weighted by Crippen LogP contribution is -2.18. The summed E-state index contributed by atoms with van der Waals surface area (Å²) in [5, 5.41) is 12.3. The van der Waals surface area contributed by atoms with Gasteiger partial charge in [-0.15, -0.1) is 0 Å². The maximum atomic E-state index is 12.6. The molecule has 1 unspecified atom stereocenters. The molecule has 0 saturated heterocycles. The monoisotopic (exact) mass is 488 g/mol. The molecule has 0 radical (unpaired) electrons. The summed E-state index contributed by atoms with van der Waals surface area (Å²) in [6.45, 7) is 3.69. The molecule has 7 heteroatoms. The zero-order valence-corrected chi connectivity index (χ0v) is 20.1. The Morgan fingerprint density at radius 2 is 1.60 bits per heavy atom. The molecule has 0 spiro atoms. The highest BCUT2D eigenvalue weighted by Gasteiger charge is 2.17. The molecule has 1 amide bonds. The number of aromatic nitrogens is 1. The van der Waals surface area contributed by atoms with Gasteiger partial charge in [-0.3, -0.25) is 10.1 Å². The van der Waals surface area contributed by atoms with Gasteiger partial charge in [-0.2, -0.15) is 0 Å². The molecule has 1 heterocycles. The molecule has 0 bridgehead atoms. The van der Waals surface area contributed by atoms with E-state index in [1.807, 2.05) is 90.5 Å². The summed E-state index contributed by atoms with van der Waals surface area (Å²) < 4.78 is 7.45. The molecule has 0 fully saturated rings. The zero-order valence-electron chi connectivity index (χ0n) is 19.4. The highest BCUT2D eigenvalue weighted by molar-refractivity contribution is 6.31.